The maximum atomic E-state index is 13.8. The SMILES string of the molecule is O=C(/C=C/c1ccc(Br)cc1F)N1CCC[C@H]1CN1CCCC1. The summed E-state index contributed by atoms with van der Waals surface area (Å²) >= 11 is 3.24. The summed E-state index contributed by atoms with van der Waals surface area (Å²) in [6.45, 7) is 4.09. The first kappa shape index (κ1) is 16.7. The molecule has 1 amide bonds. The number of carbonyl (C=O) groups excluding carboxylic acids is 1. The Labute approximate surface area is 145 Å². The van der Waals surface area contributed by atoms with E-state index in [9.17, 15) is 9.18 Å². The second kappa shape index (κ2) is 7.58. The molecule has 5 heteroatoms. The van der Waals surface area contributed by atoms with Crippen LogP contribution in [-0.4, -0.2) is 47.9 Å². The normalized spacial score (nSPS) is 22.3. The van der Waals surface area contributed by atoms with Crippen LogP contribution in [0.25, 0.3) is 6.08 Å². The molecule has 124 valence electrons. The molecule has 1 aromatic rings. The number of rotatable bonds is 4. The van der Waals surface area contributed by atoms with E-state index in [1.807, 2.05) is 4.90 Å². The Bertz CT molecular complexity index is 599. The van der Waals surface area contributed by atoms with Crippen LogP contribution in [-0.2, 0) is 4.79 Å². The summed E-state index contributed by atoms with van der Waals surface area (Å²) in [6.07, 6.45) is 7.75. The summed E-state index contributed by atoms with van der Waals surface area (Å²) in [5, 5.41) is 0. The predicted molar refractivity (Wildman–Crippen MR) is 93.5 cm³/mol. The van der Waals surface area contributed by atoms with Gasteiger partial charge in [-0.25, -0.2) is 4.39 Å². The van der Waals surface area contributed by atoms with E-state index >= 15 is 0 Å². The average molecular weight is 381 g/mol. The summed E-state index contributed by atoms with van der Waals surface area (Å²) in [6, 6.07) is 5.17. The van der Waals surface area contributed by atoms with Gasteiger partial charge in [0.25, 0.3) is 0 Å². The molecule has 23 heavy (non-hydrogen) atoms. The van der Waals surface area contributed by atoms with Crippen molar-refractivity contribution in [1.29, 1.82) is 0 Å². The van der Waals surface area contributed by atoms with Gasteiger partial charge in [-0.3, -0.25) is 4.79 Å². The van der Waals surface area contributed by atoms with Crippen LogP contribution >= 0.6 is 15.9 Å². The monoisotopic (exact) mass is 380 g/mol. The van der Waals surface area contributed by atoms with Gasteiger partial charge in [-0.2, -0.15) is 0 Å². The van der Waals surface area contributed by atoms with Crippen LogP contribution < -0.4 is 0 Å². The van der Waals surface area contributed by atoms with E-state index in [0.29, 0.717) is 16.1 Å². The van der Waals surface area contributed by atoms with Gasteiger partial charge in [0.15, 0.2) is 0 Å². The van der Waals surface area contributed by atoms with Crippen molar-refractivity contribution in [3.05, 3.63) is 40.1 Å². The Kier molecular flexibility index (Phi) is 5.49. The minimum atomic E-state index is -0.321. The Balaban J connectivity index is 1.63. The summed E-state index contributed by atoms with van der Waals surface area (Å²) < 4.78 is 14.5. The summed E-state index contributed by atoms with van der Waals surface area (Å²) in [5.74, 6) is -0.326. The van der Waals surface area contributed by atoms with Crippen molar-refractivity contribution < 1.29 is 9.18 Å². The Morgan fingerprint density at radius 1 is 1.26 bits per heavy atom. The predicted octanol–water partition coefficient (Wildman–Crippen LogP) is 3.69. The van der Waals surface area contributed by atoms with Crippen LogP contribution in [0.2, 0.25) is 0 Å². The highest BCUT2D eigenvalue weighted by Gasteiger charge is 2.29. The quantitative estimate of drug-likeness (QED) is 0.743. The van der Waals surface area contributed by atoms with Crippen LogP contribution in [0, 0.1) is 5.82 Å². The zero-order valence-electron chi connectivity index (χ0n) is 13.2. The fourth-order valence-electron chi connectivity index (χ4n) is 3.47. The lowest BCUT2D eigenvalue weighted by Crippen LogP contribution is -2.41. The van der Waals surface area contributed by atoms with Crippen molar-refractivity contribution in [3.63, 3.8) is 0 Å². The number of amides is 1. The van der Waals surface area contributed by atoms with E-state index in [4.69, 9.17) is 0 Å². The zero-order valence-corrected chi connectivity index (χ0v) is 14.8. The molecule has 2 aliphatic heterocycles. The number of carbonyl (C=O) groups is 1. The van der Waals surface area contributed by atoms with Crippen molar-refractivity contribution >= 4 is 27.9 Å². The lowest BCUT2D eigenvalue weighted by molar-refractivity contribution is -0.127. The van der Waals surface area contributed by atoms with Crippen molar-refractivity contribution in [3.8, 4) is 0 Å². The molecule has 1 aromatic carbocycles. The van der Waals surface area contributed by atoms with Gasteiger partial charge in [-0.15, -0.1) is 0 Å². The first-order valence-corrected chi connectivity index (χ1v) is 9.09. The molecule has 2 heterocycles. The van der Waals surface area contributed by atoms with E-state index in [1.54, 1.807) is 18.2 Å². The zero-order chi connectivity index (χ0) is 16.2. The molecule has 0 spiro atoms. The van der Waals surface area contributed by atoms with Crippen molar-refractivity contribution in [2.45, 2.75) is 31.7 Å². The molecule has 3 nitrogen and oxygen atoms in total. The molecule has 0 aliphatic carbocycles. The maximum Gasteiger partial charge on any atom is 0.246 e. The molecule has 0 saturated carbocycles. The fraction of sp³-hybridized carbons (Fsp3) is 0.500. The van der Waals surface area contributed by atoms with Gasteiger partial charge in [0.2, 0.25) is 5.91 Å². The van der Waals surface area contributed by atoms with Crippen molar-refractivity contribution in [2.75, 3.05) is 26.2 Å². The van der Waals surface area contributed by atoms with E-state index in [2.05, 4.69) is 20.8 Å². The Morgan fingerprint density at radius 3 is 2.78 bits per heavy atom. The van der Waals surface area contributed by atoms with Crippen LogP contribution in [0.1, 0.15) is 31.2 Å². The highest BCUT2D eigenvalue weighted by atomic mass is 79.9. The molecule has 0 N–H and O–H groups in total. The van der Waals surface area contributed by atoms with Gasteiger partial charge in [-0.1, -0.05) is 22.0 Å². The minimum absolute atomic E-state index is 0.00554. The average Bonchev–Trinajstić information content (AvgIpc) is 3.18. The molecule has 0 radical (unpaired) electrons. The highest BCUT2D eigenvalue weighted by Crippen LogP contribution is 2.21. The number of likely N-dealkylation sites (tertiary alicyclic amines) is 2. The number of halogens is 2. The van der Waals surface area contributed by atoms with Crippen molar-refractivity contribution in [1.82, 2.24) is 9.80 Å². The lowest BCUT2D eigenvalue weighted by atomic mass is 10.2. The molecule has 3 rings (SSSR count). The Morgan fingerprint density at radius 2 is 2.04 bits per heavy atom. The van der Waals surface area contributed by atoms with Gasteiger partial charge in [0.05, 0.1) is 0 Å². The highest BCUT2D eigenvalue weighted by molar-refractivity contribution is 9.10. The lowest BCUT2D eigenvalue weighted by Gasteiger charge is -2.27. The third kappa shape index (κ3) is 4.21. The number of nitrogens with zero attached hydrogens (tertiary/aromatic N) is 2. The molecule has 1 atom stereocenters. The third-order valence-electron chi connectivity index (χ3n) is 4.70. The van der Waals surface area contributed by atoms with E-state index in [1.165, 1.54) is 25.0 Å². The van der Waals surface area contributed by atoms with E-state index < -0.39 is 0 Å². The maximum absolute atomic E-state index is 13.8. The van der Waals surface area contributed by atoms with E-state index in [-0.39, 0.29) is 11.7 Å². The summed E-state index contributed by atoms with van der Waals surface area (Å²) in [5.41, 5.74) is 0.442. The third-order valence-corrected chi connectivity index (χ3v) is 5.19. The number of hydrogen-bond acceptors (Lipinski definition) is 2. The van der Waals surface area contributed by atoms with Crippen LogP contribution in [0.4, 0.5) is 4.39 Å². The molecule has 0 aromatic heterocycles. The van der Waals surface area contributed by atoms with Crippen LogP contribution in [0.15, 0.2) is 28.7 Å². The molecular weight excluding hydrogens is 359 g/mol. The topological polar surface area (TPSA) is 23.6 Å². The Hall–Kier alpha value is -1.20. The number of hydrogen-bond donors (Lipinski definition) is 0. The summed E-state index contributed by atoms with van der Waals surface area (Å²) in [7, 11) is 0. The van der Waals surface area contributed by atoms with Crippen molar-refractivity contribution in [2.24, 2.45) is 0 Å². The summed E-state index contributed by atoms with van der Waals surface area (Å²) in [4.78, 5) is 16.9. The molecule has 0 bridgehead atoms. The molecular formula is C18H22BrFN2O. The molecule has 2 fully saturated rings. The van der Waals surface area contributed by atoms with Gasteiger partial charge in [-0.05, 0) is 57.0 Å². The first-order valence-electron chi connectivity index (χ1n) is 8.29. The van der Waals surface area contributed by atoms with Gasteiger partial charge >= 0.3 is 0 Å². The van der Waals surface area contributed by atoms with Gasteiger partial charge in [0.1, 0.15) is 5.82 Å². The second-order valence-corrected chi connectivity index (χ2v) is 7.25. The van der Waals surface area contributed by atoms with Gasteiger partial charge < -0.3 is 9.80 Å². The van der Waals surface area contributed by atoms with Crippen LogP contribution in [0.5, 0.6) is 0 Å². The first-order chi connectivity index (χ1) is 11.1. The van der Waals surface area contributed by atoms with E-state index in [0.717, 1.165) is 39.0 Å². The smallest absolute Gasteiger partial charge is 0.246 e. The van der Waals surface area contributed by atoms with Crippen LogP contribution in [0.3, 0.4) is 0 Å². The number of benzene rings is 1. The minimum Gasteiger partial charge on any atom is -0.335 e. The second-order valence-electron chi connectivity index (χ2n) is 6.33. The van der Waals surface area contributed by atoms with Gasteiger partial charge in [0, 0.05) is 35.2 Å². The molecule has 2 saturated heterocycles. The molecule has 2 aliphatic rings. The largest absolute Gasteiger partial charge is 0.335 e. The molecule has 0 unspecified atom stereocenters. The standard InChI is InChI=1S/C18H22BrFN2O/c19-15-7-5-14(17(20)12-15)6-8-18(23)22-11-3-4-16(22)13-21-9-1-2-10-21/h5-8,12,16H,1-4,9-11,13H2/b8-6+/t16-/m0/s1. The fourth-order valence-corrected chi connectivity index (χ4v) is 3.81.